The lowest BCUT2D eigenvalue weighted by Crippen LogP contribution is -2.15. The number of nitrogens with zero attached hydrogens (tertiary/aromatic N) is 1. The minimum absolute atomic E-state index is 0.182. The standard InChI is InChI=1S/C14H16N2O3/c1-8-6-12(15-7-9(2)17)10-4-3-5-11(14(18)19)13(10)16-8/h3-6,9,17H,7H2,1-2H3,(H,15,16)(H,18,19)/t9-/m1/s1. The van der Waals surface area contributed by atoms with Gasteiger partial charge < -0.3 is 15.5 Å². The monoisotopic (exact) mass is 260 g/mol. The van der Waals surface area contributed by atoms with Gasteiger partial charge in [0.1, 0.15) is 0 Å². The third-order valence-electron chi connectivity index (χ3n) is 2.79. The molecule has 0 bridgehead atoms. The molecule has 0 aliphatic rings. The van der Waals surface area contributed by atoms with E-state index < -0.39 is 12.1 Å². The molecule has 5 nitrogen and oxygen atoms in total. The van der Waals surface area contributed by atoms with Crippen LogP contribution in [0.5, 0.6) is 0 Å². The summed E-state index contributed by atoms with van der Waals surface area (Å²) in [5, 5.41) is 22.4. The quantitative estimate of drug-likeness (QED) is 0.783. The van der Waals surface area contributed by atoms with Crippen LogP contribution in [0, 0.1) is 6.92 Å². The molecule has 0 radical (unpaired) electrons. The molecule has 5 heteroatoms. The van der Waals surface area contributed by atoms with E-state index in [2.05, 4.69) is 10.3 Å². The fourth-order valence-electron chi connectivity index (χ4n) is 1.95. The van der Waals surface area contributed by atoms with E-state index in [1.165, 1.54) is 6.07 Å². The maximum atomic E-state index is 11.2. The van der Waals surface area contributed by atoms with Crippen molar-refractivity contribution in [1.29, 1.82) is 0 Å². The Morgan fingerprint density at radius 1 is 1.47 bits per heavy atom. The Morgan fingerprint density at radius 2 is 2.21 bits per heavy atom. The van der Waals surface area contributed by atoms with E-state index in [4.69, 9.17) is 0 Å². The molecule has 0 saturated heterocycles. The van der Waals surface area contributed by atoms with Gasteiger partial charge in [-0.2, -0.15) is 0 Å². The van der Waals surface area contributed by atoms with E-state index in [9.17, 15) is 15.0 Å². The Balaban J connectivity index is 2.58. The highest BCUT2D eigenvalue weighted by Gasteiger charge is 2.12. The van der Waals surface area contributed by atoms with Crippen molar-refractivity contribution in [1.82, 2.24) is 4.98 Å². The lowest BCUT2D eigenvalue weighted by Gasteiger charge is -2.13. The summed E-state index contributed by atoms with van der Waals surface area (Å²) in [5.41, 5.74) is 2.16. The lowest BCUT2D eigenvalue weighted by atomic mass is 10.1. The summed E-state index contributed by atoms with van der Waals surface area (Å²) < 4.78 is 0. The minimum atomic E-state index is -0.995. The maximum absolute atomic E-state index is 11.2. The predicted octanol–water partition coefficient (Wildman–Crippen LogP) is 2.03. The van der Waals surface area contributed by atoms with Crippen molar-refractivity contribution in [3.63, 3.8) is 0 Å². The molecule has 3 N–H and O–H groups in total. The third kappa shape index (κ3) is 2.82. The number of pyridine rings is 1. The Hall–Kier alpha value is -2.14. The molecule has 2 rings (SSSR count). The number of nitrogens with one attached hydrogen (secondary N) is 1. The van der Waals surface area contributed by atoms with E-state index >= 15 is 0 Å². The van der Waals surface area contributed by atoms with Crippen molar-refractivity contribution in [2.24, 2.45) is 0 Å². The Morgan fingerprint density at radius 3 is 2.84 bits per heavy atom. The van der Waals surface area contributed by atoms with Gasteiger partial charge in [0.25, 0.3) is 0 Å². The molecule has 0 aliphatic heterocycles. The summed E-state index contributed by atoms with van der Waals surface area (Å²) in [6.45, 7) is 3.90. The first-order valence-corrected chi connectivity index (χ1v) is 6.04. The Bertz CT molecular complexity index is 623. The van der Waals surface area contributed by atoms with Crippen molar-refractivity contribution >= 4 is 22.6 Å². The fraction of sp³-hybridized carbons (Fsp3) is 0.286. The van der Waals surface area contributed by atoms with Crippen LogP contribution < -0.4 is 5.32 Å². The summed E-state index contributed by atoms with van der Waals surface area (Å²) >= 11 is 0. The van der Waals surface area contributed by atoms with Crippen LogP contribution in [-0.2, 0) is 0 Å². The fourth-order valence-corrected chi connectivity index (χ4v) is 1.95. The van der Waals surface area contributed by atoms with Crippen LogP contribution in [-0.4, -0.2) is 33.8 Å². The van der Waals surface area contributed by atoms with Crippen LogP contribution in [0.15, 0.2) is 24.3 Å². The van der Waals surface area contributed by atoms with E-state index in [1.807, 2.05) is 19.1 Å². The Kier molecular flexibility index (Phi) is 3.66. The molecule has 0 amide bonds. The Labute approximate surface area is 110 Å². The largest absolute Gasteiger partial charge is 0.478 e. The molecule has 1 aromatic heterocycles. The third-order valence-corrected chi connectivity index (χ3v) is 2.79. The predicted molar refractivity (Wildman–Crippen MR) is 73.6 cm³/mol. The number of aliphatic hydroxyl groups is 1. The molecule has 0 unspecified atom stereocenters. The van der Waals surface area contributed by atoms with E-state index in [-0.39, 0.29) is 5.56 Å². The average molecular weight is 260 g/mol. The number of rotatable bonds is 4. The van der Waals surface area contributed by atoms with Gasteiger partial charge in [0, 0.05) is 23.3 Å². The van der Waals surface area contributed by atoms with Crippen LogP contribution in [0.3, 0.4) is 0 Å². The number of carbonyl (C=O) groups is 1. The highest BCUT2D eigenvalue weighted by atomic mass is 16.4. The summed E-state index contributed by atoms with van der Waals surface area (Å²) in [7, 11) is 0. The van der Waals surface area contributed by atoms with Crippen molar-refractivity contribution in [3.05, 3.63) is 35.5 Å². The number of aromatic nitrogens is 1. The second-order valence-electron chi connectivity index (χ2n) is 4.55. The molecular formula is C14H16N2O3. The van der Waals surface area contributed by atoms with Crippen molar-refractivity contribution in [3.8, 4) is 0 Å². The van der Waals surface area contributed by atoms with Gasteiger partial charge in [-0.25, -0.2) is 4.79 Å². The topological polar surface area (TPSA) is 82.5 Å². The number of aromatic carboxylic acids is 1. The van der Waals surface area contributed by atoms with Gasteiger partial charge >= 0.3 is 5.97 Å². The smallest absolute Gasteiger partial charge is 0.337 e. The molecule has 1 heterocycles. The minimum Gasteiger partial charge on any atom is -0.478 e. The highest BCUT2D eigenvalue weighted by Crippen LogP contribution is 2.25. The van der Waals surface area contributed by atoms with Gasteiger partial charge in [-0.15, -0.1) is 0 Å². The van der Waals surface area contributed by atoms with Crippen molar-refractivity contribution in [2.45, 2.75) is 20.0 Å². The van der Waals surface area contributed by atoms with Gasteiger partial charge in [-0.05, 0) is 26.0 Å². The summed E-state index contributed by atoms with van der Waals surface area (Å²) in [6, 6.07) is 6.89. The molecule has 1 aromatic carbocycles. The molecule has 0 saturated carbocycles. The number of hydrogen-bond acceptors (Lipinski definition) is 4. The van der Waals surface area contributed by atoms with Crippen molar-refractivity contribution in [2.75, 3.05) is 11.9 Å². The van der Waals surface area contributed by atoms with E-state index in [1.54, 1.807) is 13.0 Å². The second kappa shape index (κ2) is 5.24. The molecule has 19 heavy (non-hydrogen) atoms. The SMILES string of the molecule is Cc1cc(NC[C@@H](C)O)c2cccc(C(=O)O)c2n1. The van der Waals surface area contributed by atoms with E-state index in [0.29, 0.717) is 12.1 Å². The first-order valence-electron chi connectivity index (χ1n) is 6.04. The number of aliphatic hydroxyl groups excluding tert-OH is 1. The summed E-state index contributed by atoms with van der Waals surface area (Å²) in [6.07, 6.45) is -0.480. The number of carboxylic acid groups (broad SMARTS) is 1. The van der Waals surface area contributed by atoms with Crippen LogP contribution in [0.4, 0.5) is 5.69 Å². The van der Waals surface area contributed by atoms with Crippen LogP contribution in [0.1, 0.15) is 23.0 Å². The average Bonchev–Trinajstić information content (AvgIpc) is 2.34. The summed E-state index contributed by atoms with van der Waals surface area (Å²) in [4.78, 5) is 15.5. The van der Waals surface area contributed by atoms with Gasteiger partial charge in [0.15, 0.2) is 0 Å². The zero-order chi connectivity index (χ0) is 14.0. The number of benzene rings is 1. The molecule has 0 fully saturated rings. The zero-order valence-corrected chi connectivity index (χ0v) is 10.8. The number of carboxylic acids is 1. The molecule has 1 atom stereocenters. The van der Waals surface area contributed by atoms with Crippen LogP contribution in [0.2, 0.25) is 0 Å². The van der Waals surface area contributed by atoms with Gasteiger partial charge in [0.2, 0.25) is 0 Å². The first kappa shape index (κ1) is 13.3. The normalized spacial score (nSPS) is 12.4. The number of hydrogen-bond donors (Lipinski definition) is 3. The van der Waals surface area contributed by atoms with Crippen LogP contribution in [0.25, 0.3) is 10.9 Å². The molecule has 0 aliphatic carbocycles. The van der Waals surface area contributed by atoms with Crippen molar-refractivity contribution < 1.29 is 15.0 Å². The first-order chi connectivity index (χ1) is 8.99. The molecule has 2 aromatic rings. The van der Waals surface area contributed by atoms with Gasteiger partial charge in [-0.1, -0.05) is 12.1 Å². The number of aryl methyl sites for hydroxylation is 1. The number of fused-ring (bicyclic) bond motifs is 1. The van der Waals surface area contributed by atoms with Gasteiger partial charge in [0.05, 0.1) is 17.2 Å². The second-order valence-corrected chi connectivity index (χ2v) is 4.55. The van der Waals surface area contributed by atoms with Crippen LogP contribution >= 0.6 is 0 Å². The van der Waals surface area contributed by atoms with E-state index in [0.717, 1.165) is 16.8 Å². The number of anilines is 1. The molecule has 0 spiro atoms. The maximum Gasteiger partial charge on any atom is 0.337 e. The molecule has 100 valence electrons. The highest BCUT2D eigenvalue weighted by molar-refractivity contribution is 6.05. The lowest BCUT2D eigenvalue weighted by molar-refractivity contribution is 0.0699. The number of para-hydroxylation sites is 1. The molecular weight excluding hydrogens is 244 g/mol. The van der Waals surface area contributed by atoms with Gasteiger partial charge in [-0.3, -0.25) is 4.98 Å². The zero-order valence-electron chi connectivity index (χ0n) is 10.8. The summed E-state index contributed by atoms with van der Waals surface area (Å²) in [5.74, 6) is -0.995.